The van der Waals surface area contributed by atoms with E-state index >= 15 is 0 Å². The first-order valence-electron chi connectivity index (χ1n) is 7.77. The third kappa shape index (κ3) is 3.37. The number of hydrogen-bond acceptors (Lipinski definition) is 3. The second-order valence-electron chi connectivity index (χ2n) is 5.36. The van der Waals surface area contributed by atoms with Crippen molar-refractivity contribution in [3.8, 4) is 11.1 Å². The summed E-state index contributed by atoms with van der Waals surface area (Å²) in [5, 5.41) is 2.68. The van der Waals surface area contributed by atoms with Crippen molar-refractivity contribution in [2.45, 2.75) is 5.92 Å². The minimum Gasteiger partial charge on any atom is -0.449 e. The number of carbonyl (C=O) groups excluding carboxylic acids is 1. The van der Waals surface area contributed by atoms with Crippen LogP contribution in [0, 0.1) is 6.92 Å². The maximum atomic E-state index is 11.8. The van der Waals surface area contributed by atoms with E-state index in [2.05, 4.69) is 36.5 Å². The second-order valence-corrected chi connectivity index (χ2v) is 5.36. The lowest BCUT2D eigenvalue weighted by Crippen LogP contribution is -2.29. The first-order valence-corrected chi connectivity index (χ1v) is 7.77. The van der Waals surface area contributed by atoms with Crippen molar-refractivity contribution < 1.29 is 14.3 Å². The van der Waals surface area contributed by atoms with Crippen LogP contribution in [0.3, 0.4) is 0 Å². The molecule has 0 saturated heterocycles. The summed E-state index contributed by atoms with van der Waals surface area (Å²) in [6.07, 6.45) is -0.417. The molecular weight excluding hydrogens is 290 g/mol. The molecule has 0 aliphatic heterocycles. The molecule has 4 heteroatoms. The van der Waals surface area contributed by atoms with Gasteiger partial charge in [0.05, 0.1) is 6.61 Å². The van der Waals surface area contributed by atoms with Crippen molar-refractivity contribution in [2.75, 3.05) is 26.4 Å². The summed E-state index contributed by atoms with van der Waals surface area (Å²) in [5.41, 5.74) is 4.87. The van der Waals surface area contributed by atoms with Crippen LogP contribution in [0.1, 0.15) is 17.0 Å². The van der Waals surface area contributed by atoms with Crippen LogP contribution in [-0.2, 0) is 9.47 Å². The number of hydrogen-bond donors (Lipinski definition) is 1. The zero-order chi connectivity index (χ0) is 16.1. The third-order valence-electron chi connectivity index (χ3n) is 4.00. The van der Waals surface area contributed by atoms with E-state index in [1.165, 1.54) is 22.3 Å². The van der Waals surface area contributed by atoms with Crippen molar-refractivity contribution in [1.82, 2.24) is 5.32 Å². The number of nitrogens with one attached hydrogen (secondary N) is 1. The van der Waals surface area contributed by atoms with Crippen molar-refractivity contribution in [3.63, 3.8) is 0 Å². The number of ether oxygens (including phenoxy) is 2. The van der Waals surface area contributed by atoms with Crippen molar-refractivity contribution >= 4 is 6.09 Å². The molecule has 2 aromatic rings. The highest BCUT2D eigenvalue weighted by Gasteiger charge is 2.28. The lowest BCUT2D eigenvalue weighted by atomic mass is 9.98. The van der Waals surface area contributed by atoms with Gasteiger partial charge in [0.2, 0.25) is 0 Å². The van der Waals surface area contributed by atoms with E-state index in [4.69, 9.17) is 9.47 Å². The number of alkyl carbamates (subject to hydrolysis) is 1. The topological polar surface area (TPSA) is 47.6 Å². The largest absolute Gasteiger partial charge is 0.449 e. The van der Waals surface area contributed by atoms with Gasteiger partial charge in [0.15, 0.2) is 0 Å². The molecule has 0 saturated carbocycles. The summed E-state index contributed by atoms with van der Waals surface area (Å²) in [7, 11) is 0. The average molecular weight is 310 g/mol. The van der Waals surface area contributed by atoms with Gasteiger partial charge < -0.3 is 14.8 Å². The Bertz CT molecular complexity index is 638. The number of amides is 1. The number of benzene rings is 2. The fourth-order valence-electron chi connectivity index (χ4n) is 2.98. The lowest BCUT2D eigenvalue weighted by molar-refractivity contribution is 0.130. The van der Waals surface area contributed by atoms with Gasteiger partial charge in [-0.1, -0.05) is 48.5 Å². The molecule has 0 spiro atoms. The van der Waals surface area contributed by atoms with Gasteiger partial charge in [0, 0.05) is 19.1 Å². The van der Waals surface area contributed by atoms with Crippen molar-refractivity contribution in [2.24, 2.45) is 0 Å². The molecule has 0 fully saturated rings. The zero-order valence-electron chi connectivity index (χ0n) is 13.0. The van der Waals surface area contributed by atoms with Crippen LogP contribution in [0.5, 0.6) is 0 Å². The van der Waals surface area contributed by atoms with Gasteiger partial charge in [-0.2, -0.15) is 0 Å². The summed E-state index contributed by atoms with van der Waals surface area (Å²) in [6.45, 7) is 5.15. The first kappa shape index (κ1) is 15.6. The van der Waals surface area contributed by atoms with Gasteiger partial charge >= 0.3 is 6.09 Å². The van der Waals surface area contributed by atoms with Crippen LogP contribution < -0.4 is 5.32 Å². The molecule has 1 radical (unpaired) electrons. The molecule has 1 aliphatic rings. The Hall–Kier alpha value is -2.33. The number of fused-ring (bicyclic) bond motifs is 3. The third-order valence-corrected chi connectivity index (χ3v) is 4.00. The fourth-order valence-corrected chi connectivity index (χ4v) is 2.98. The Labute approximate surface area is 136 Å². The van der Waals surface area contributed by atoms with Crippen LogP contribution in [0.2, 0.25) is 0 Å². The van der Waals surface area contributed by atoms with E-state index in [0.29, 0.717) is 26.4 Å². The molecule has 0 bridgehead atoms. The Morgan fingerprint density at radius 2 is 1.65 bits per heavy atom. The highest BCUT2D eigenvalue weighted by molar-refractivity contribution is 5.79. The Kier molecular flexibility index (Phi) is 4.93. The van der Waals surface area contributed by atoms with E-state index in [0.717, 1.165) is 0 Å². The maximum Gasteiger partial charge on any atom is 0.407 e. The Balaban J connectivity index is 1.65. The quantitative estimate of drug-likeness (QED) is 0.832. The fraction of sp³-hybridized carbons (Fsp3) is 0.263. The molecule has 1 amide bonds. The summed E-state index contributed by atoms with van der Waals surface area (Å²) < 4.78 is 10.5. The molecule has 1 N–H and O–H groups in total. The van der Waals surface area contributed by atoms with Crippen molar-refractivity contribution in [1.29, 1.82) is 0 Å². The highest BCUT2D eigenvalue weighted by Crippen LogP contribution is 2.44. The zero-order valence-corrected chi connectivity index (χ0v) is 13.0. The average Bonchev–Trinajstić information content (AvgIpc) is 2.91. The SMILES string of the molecule is [CH2]COCCNC(=O)OCC1c2ccccc2-c2ccccc21. The Morgan fingerprint density at radius 1 is 1.04 bits per heavy atom. The molecule has 119 valence electrons. The van der Waals surface area contributed by atoms with Crippen LogP contribution in [0.15, 0.2) is 48.5 Å². The normalized spacial score (nSPS) is 12.6. The monoisotopic (exact) mass is 310 g/mol. The molecule has 1 aliphatic carbocycles. The standard InChI is InChI=1S/C19H20NO3/c1-2-22-12-11-20-19(21)23-13-18-16-9-5-3-7-14(16)15-8-4-6-10-17(15)18/h3-10,18H,1-2,11-13H2,(H,20,21). The summed E-state index contributed by atoms with van der Waals surface area (Å²) >= 11 is 0. The minimum atomic E-state index is -0.417. The lowest BCUT2D eigenvalue weighted by Gasteiger charge is -2.14. The summed E-state index contributed by atoms with van der Waals surface area (Å²) in [4.78, 5) is 11.8. The Morgan fingerprint density at radius 3 is 2.26 bits per heavy atom. The summed E-state index contributed by atoms with van der Waals surface area (Å²) in [6, 6.07) is 16.5. The molecule has 4 nitrogen and oxygen atoms in total. The predicted molar refractivity (Wildman–Crippen MR) is 89.2 cm³/mol. The molecule has 23 heavy (non-hydrogen) atoms. The number of rotatable bonds is 6. The van der Waals surface area contributed by atoms with E-state index in [1.54, 1.807) is 0 Å². The van der Waals surface area contributed by atoms with Gasteiger partial charge in [-0.25, -0.2) is 4.79 Å². The van der Waals surface area contributed by atoms with Crippen LogP contribution in [0.4, 0.5) is 4.79 Å². The van der Waals surface area contributed by atoms with Gasteiger partial charge in [0.25, 0.3) is 0 Å². The van der Waals surface area contributed by atoms with Crippen LogP contribution >= 0.6 is 0 Å². The van der Waals surface area contributed by atoms with Gasteiger partial charge in [-0.3, -0.25) is 0 Å². The molecule has 0 unspecified atom stereocenters. The van der Waals surface area contributed by atoms with E-state index in [-0.39, 0.29) is 5.92 Å². The first-order chi connectivity index (χ1) is 11.3. The van der Waals surface area contributed by atoms with E-state index in [1.807, 2.05) is 24.3 Å². The molecule has 3 rings (SSSR count). The minimum absolute atomic E-state index is 0.0873. The number of carbonyl (C=O) groups is 1. The van der Waals surface area contributed by atoms with Gasteiger partial charge in [0.1, 0.15) is 6.61 Å². The van der Waals surface area contributed by atoms with Gasteiger partial charge in [-0.05, 0) is 29.2 Å². The highest BCUT2D eigenvalue weighted by atomic mass is 16.5. The van der Waals surface area contributed by atoms with Crippen molar-refractivity contribution in [3.05, 3.63) is 66.6 Å². The molecule has 2 aromatic carbocycles. The molecule has 0 heterocycles. The van der Waals surface area contributed by atoms with E-state index < -0.39 is 6.09 Å². The predicted octanol–water partition coefficient (Wildman–Crippen LogP) is 3.38. The van der Waals surface area contributed by atoms with Gasteiger partial charge in [-0.15, -0.1) is 0 Å². The second kappa shape index (κ2) is 7.29. The van der Waals surface area contributed by atoms with E-state index in [9.17, 15) is 4.79 Å². The van der Waals surface area contributed by atoms with Crippen LogP contribution in [0.25, 0.3) is 11.1 Å². The molecular formula is C19H20NO3. The smallest absolute Gasteiger partial charge is 0.407 e. The maximum absolute atomic E-state index is 11.8. The summed E-state index contributed by atoms with van der Waals surface area (Å²) in [5.74, 6) is 0.0873. The molecule has 0 atom stereocenters. The van der Waals surface area contributed by atoms with Crippen LogP contribution in [-0.4, -0.2) is 32.5 Å². The molecule has 0 aromatic heterocycles.